The zero-order valence-corrected chi connectivity index (χ0v) is 14.4. The summed E-state index contributed by atoms with van der Waals surface area (Å²) in [6, 6.07) is 11.4. The minimum atomic E-state index is 0.0835. The van der Waals surface area contributed by atoms with Crippen LogP contribution in [0.15, 0.2) is 45.3 Å². The van der Waals surface area contributed by atoms with Crippen molar-refractivity contribution < 1.29 is 9.53 Å². The molecule has 0 spiro atoms. The van der Waals surface area contributed by atoms with Crippen molar-refractivity contribution in [2.45, 2.75) is 13.3 Å². The predicted octanol–water partition coefficient (Wildman–Crippen LogP) is 4.95. The summed E-state index contributed by atoms with van der Waals surface area (Å²) < 4.78 is 7.19. The van der Waals surface area contributed by atoms with Gasteiger partial charge in [0.05, 0.1) is 7.11 Å². The third-order valence-electron chi connectivity index (χ3n) is 3.16. The predicted molar refractivity (Wildman–Crippen MR) is 87.6 cm³/mol. The first kappa shape index (κ1) is 15.3. The van der Waals surface area contributed by atoms with Crippen molar-refractivity contribution in [3.05, 3.63) is 62.0 Å². The number of methoxy groups -OCH3 is 1. The van der Waals surface area contributed by atoms with E-state index >= 15 is 0 Å². The molecular weight excluding hydrogens is 384 g/mol. The van der Waals surface area contributed by atoms with E-state index in [4.69, 9.17) is 4.74 Å². The second kappa shape index (κ2) is 6.55. The molecule has 0 heterocycles. The van der Waals surface area contributed by atoms with Crippen LogP contribution in [-0.2, 0) is 6.42 Å². The number of hydrogen-bond acceptors (Lipinski definition) is 2. The van der Waals surface area contributed by atoms with Crippen molar-refractivity contribution in [3.8, 4) is 5.75 Å². The van der Waals surface area contributed by atoms with Crippen molar-refractivity contribution in [2.75, 3.05) is 7.11 Å². The van der Waals surface area contributed by atoms with Crippen LogP contribution in [0, 0.1) is 6.92 Å². The largest absolute Gasteiger partial charge is 0.496 e. The van der Waals surface area contributed by atoms with Crippen LogP contribution in [0.2, 0.25) is 0 Å². The second-order valence-electron chi connectivity index (χ2n) is 4.47. The van der Waals surface area contributed by atoms with Crippen LogP contribution in [0.5, 0.6) is 5.75 Å². The average Bonchev–Trinajstić information content (AvgIpc) is 2.42. The fraction of sp³-hybridized carbons (Fsp3) is 0.188. The number of ether oxygens (including phenoxy) is 1. The number of carbonyl (C=O) groups excluding carboxylic acids is 1. The Bertz CT molecular complexity index is 651. The highest BCUT2D eigenvalue weighted by Crippen LogP contribution is 2.26. The van der Waals surface area contributed by atoms with Crippen LogP contribution in [0.3, 0.4) is 0 Å². The van der Waals surface area contributed by atoms with Crippen LogP contribution in [0.1, 0.15) is 21.5 Å². The SMILES string of the molecule is COc1ccc(Br)cc1CC(=O)c1cccc(Br)c1C. The highest BCUT2D eigenvalue weighted by Gasteiger charge is 2.14. The van der Waals surface area contributed by atoms with E-state index in [1.165, 1.54) is 0 Å². The molecular formula is C16H14Br2O2. The molecule has 0 aliphatic carbocycles. The van der Waals surface area contributed by atoms with Gasteiger partial charge in [-0.25, -0.2) is 0 Å². The first-order valence-corrected chi connectivity index (χ1v) is 7.72. The number of carbonyl (C=O) groups is 1. The van der Waals surface area contributed by atoms with Gasteiger partial charge in [-0.3, -0.25) is 4.79 Å². The van der Waals surface area contributed by atoms with Gasteiger partial charge in [0.25, 0.3) is 0 Å². The molecule has 0 saturated carbocycles. The molecule has 0 aliphatic heterocycles. The summed E-state index contributed by atoms with van der Waals surface area (Å²) >= 11 is 6.88. The smallest absolute Gasteiger partial charge is 0.167 e. The molecule has 20 heavy (non-hydrogen) atoms. The molecule has 2 aromatic carbocycles. The minimum Gasteiger partial charge on any atom is -0.496 e. The van der Waals surface area contributed by atoms with Gasteiger partial charge in [-0.1, -0.05) is 44.0 Å². The van der Waals surface area contributed by atoms with E-state index in [-0.39, 0.29) is 5.78 Å². The molecule has 2 rings (SSSR count). The van der Waals surface area contributed by atoms with Crippen molar-refractivity contribution in [1.29, 1.82) is 0 Å². The molecule has 0 saturated heterocycles. The van der Waals surface area contributed by atoms with E-state index in [1.807, 2.05) is 43.3 Å². The van der Waals surface area contributed by atoms with Crippen molar-refractivity contribution in [2.24, 2.45) is 0 Å². The monoisotopic (exact) mass is 396 g/mol. The number of rotatable bonds is 4. The Balaban J connectivity index is 2.32. The molecule has 0 N–H and O–H groups in total. The Labute approximate surface area is 135 Å². The first-order valence-electron chi connectivity index (χ1n) is 6.13. The van der Waals surface area contributed by atoms with Crippen LogP contribution in [-0.4, -0.2) is 12.9 Å². The van der Waals surface area contributed by atoms with Gasteiger partial charge in [-0.2, -0.15) is 0 Å². The maximum atomic E-state index is 12.5. The van der Waals surface area contributed by atoms with E-state index in [1.54, 1.807) is 7.11 Å². The van der Waals surface area contributed by atoms with E-state index in [0.29, 0.717) is 6.42 Å². The van der Waals surface area contributed by atoms with E-state index in [0.717, 1.165) is 31.4 Å². The molecule has 0 unspecified atom stereocenters. The highest BCUT2D eigenvalue weighted by atomic mass is 79.9. The lowest BCUT2D eigenvalue weighted by Gasteiger charge is -2.10. The molecule has 0 atom stereocenters. The third-order valence-corrected chi connectivity index (χ3v) is 4.51. The third kappa shape index (κ3) is 3.30. The lowest BCUT2D eigenvalue weighted by atomic mass is 9.99. The Morgan fingerprint density at radius 3 is 2.65 bits per heavy atom. The van der Waals surface area contributed by atoms with Gasteiger partial charge < -0.3 is 4.74 Å². The van der Waals surface area contributed by atoms with E-state index in [9.17, 15) is 4.79 Å². The Morgan fingerprint density at radius 1 is 1.20 bits per heavy atom. The van der Waals surface area contributed by atoms with Gasteiger partial charge in [-0.15, -0.1) is 0 Å². The van der Waals surface area contributed by atoms with Gasteiger partial charge in [0.15, 0.2) is 5.78 Å². The van der Waals surface area contributed by atoms with Gasteiger partial charge >= 0.3 is 0 Å². The standard InChI is InChI=1S/C16H14Br2O2/c1-10-13(4-3-5-14(10)18)15(19)9-11-8-12(17)6-7-16(11)20-2/h3-8H,9H2,1-2H3. The van der Waals surface area contributed by atoms with Crippen molar-refractivity contribution in [3.63, 3.8) is 0 Å². The lowest BCUT2D eigenvalue weighted by Crippen LogP contribution is -2.07. The summed E-state index contributed by atoms with van der Waals surface area (Å²) in [7, 11) is 1.61. The average molecular weight is 398 g/mol. The number of ketones is 1. The summed E-state index contributed by atoms with van der Waals surface area (Å²) in [4.78, 5) is 12.5. The number of hydrogen-bond donors (Lipinski definition) is 0. The Hall–Kier alpha value is -1.13. The highest BCUT2D eigenvalue weighted by molar-refractivity contribution is 9.10. The number of benzene rings is 2. The fourth-order valence-electron chi connectivity index (χ4n) is 2.06. The Kier molecular flexibility index (Phi) is 5.00. The molecule has 0 radical (unpaired) electrons. The summed E-state index contributed by atoms with van der Waals surface area (Å²) in [5.41, 5.74) is 2.58. The molecule has 0 aromatic heterocycles. The molecule has 0 amide bonds. The number of halogens is 2. The van der Waals surface area contributed by atoms with E-state index < -0.39 is 0 Å². The van der Waals surface area contributed by atoms with Crippen LogP contribution in [0.25, 0.3) is 0 Å². The molecule has 2 nitrogen and oxygen atoms in total. The molecule has 104 valence electrons. The molecule has 0 fully saturated rings. The normalized spacial score (nSPS) is 10.4. The van der Waals surface area contributed by atoms with Crippen molar-refractivity contribution in [1.82, 2.24) is 0 Å². The topological polar surface area (TPSA) is 26.3 Å². The van der Waals surface area contributed by atoms with Gasteiger partial charge in [0.1, 0.15) is 5.75 Å². The van der Waals surface area contributed by atoms with Crippen molar-refractivity contribution >= 4 is 37.6 Å². The second-order valence-corrected chi connectivity index (χ2v) is 6.24. The van der Waals surface area contributed by atoms with E-state index in [2.05, 4.69) is 31.9 Å². The van der Waals surface area contributed by atoms with Crippen LogP contribution in [0.4, 0.5) is 0 Å². The van der Waals surface area contributed by atoms with Crippen LogP contribution < -0.4 is 4.74 Å². The molecule has 0 aliphatic rings. The number of Topliss-reactive ketones (excluding diaryl/α,β-unsaturated/α-hetero) is 1. The summed E-state index contributed by atoms with van der Waals surface area (Å²) in [6.07, 6.45) is 0.319. The molecule has 2 aromatic rings. The minimum absolute atomic E-state index is 0.0835. The van der Waals surface area contributed by atoms with Gasteiger partial charge in [-0.05, 0) is 36.8 Å². The fourth-order valence-corrected chi connectivity index (χ4v) is 2.84. The summed E-state index contributed by atoms with van der Waals surface area (Å²) in [5, 5.41) is 0. The quantitative estimate of drug-likeness (QED) is 0.682. The van der Waals surface area contributed by atoms with Gasteiger partial charge in [0, 0.05) is 26.5 Å². The summed E-state index contributed by atoms with van der Waals surface area (Å²) in [6.45, 7) is 1.94. The molecule has 4 heteroatoms. The Morgan fingerprint density at radius 2 is 1.95 bits per heavy atom. The maximum Gasteiger partial charge on any atom is 0.167 e. The first-order chi connectivity index (χ1) is 9.52. The zero-order valence-electron chi connectivity index (χ0n) is 11.2. The molecule has 0 bridgehead atoms. The zero-order chi connectivity index (χ0) is 14.7. The summed E-state index contributed by atoms with van der Waals surface area (Å²) in [5.74, 6) is 0.814. The van der Waals surface area contributed by atoms with Crippen LogP contribution >= 0.6 is 31.9 Å². The maximum absolute atomic E-state index is 12.5. The lowest BCUT2D eigenvalue weighted by molar-refractivity contribution is 0.0991. The van der Waals surface area contributed by atoms with Gasteiger partial charge in [0.2, 0.25) is 0 Å².